The quantitative estimate of drug-likeness (QED) is 0.659. The number of hydrogen-bond acceptors (Lipinski definition) is 4. The SMILES string of the molecule is [2H]CC1OC(n2ccc(=O)[nH]c2=O)C(F)C1O. The molecule has 1 aliphatic heterocycles. The van der Waals surface area contributed by atoms with E-state index < -0.39 is 35.9 Å². The Hall–Kier alpha value is -1.47. The number of aliphatic hydroxyl groups excluding tert-OH is 1. The molecule has 0 bridgehead atoms. The molecular formula is C9H11FN2O4. The molecule has 0 aromatic carbocycles. The number of aromatic amines is 1. The molecular weight excluding hydrogens is 219 g/mol. The van der Waals surface area contributed by atoms with Crippen molar-refractivity contribution in [3.63, 3.8) is 0 Å². The van der Waals surface area contributed by atoms with Gasteiger partial charge in [0, 0.05) is 13.6 Å². The first-order valence-corrected chi connectivity index (χ1v) is 4.63. The summed E-state index contributed by atoms with van der Waals surface area (Å²) in [6, 6.07) is 1.05. The minimum Gasteiger partial charge on any atom is -0.387 e. The highest BCUT2D eigenvalue weighted by atomic mass is 19.1. The molecule has 88 valence electrons. The zero-order chi connectivity index (χ0) is 12.6. The van der Waals surface area contributed by atoms with Crippen LogP contribution in [0.2, 0.25) is 0 Å². The van der Waals surface area contributed by atoms with Gasteiger partial charge in [0.1, 0.15) is 6.10 Å². The van der Waals surface area contributed by atoms with Gasteiger partial charge in [-0.1, -0.05) is 0 Å². The minimum absolute atomic E-state index is 0.309. The first-order valence-electron chi connectivity index (χ1n) is 5.33. The van der Waals surface area contributed by atoms with Gasteiger partial charge in [-0.25, -0.2) is 9.18 Å². The molecule has 4 unspecified atom stereocenters. The van der Waals surface area contributed by atoms with E-state index in [9.17, 15) is 19.1 Å². The molecule has 0 saturated carbocycles. The van der Waals surface area contributed by atoms with Gasteiger partial charge in [0.05, 0.1) is 6.10 Å². The number of nitrogens with one attached hydrogen (secondary N) is 1. The molecule has 4 atom stereocenters. The van der Waals surface area contributed by atoms with E-state index in [2.05, 4.69) is 0 Å². The Morgan fingerprint density at radius 2 is 2.44 bits per heavy atom. The van der Waals surface area contributed by atoms with Crippen molar-refractivity contribution in [1.29, 1.82) is 0 Å². The molecule has 6 nitrogen and oxygen atoms in total. The summed E-state index contributed by atoms with van der Waals surface area (Å²) in [7, 11) is 0. The molecule has 0 radical (unpaired) electrons. The van der Waals surface area contributed by atoms with E-state index in [1.165, 1.54) is 0 Å². The summed E-state index contributed by atoms with van der Waals surface area (Å²) in [5.41, 5.74) is -1.42. The number of H-pyrrole nitrogens is 1. The van der Waals surface area contributed by atoms with Gasteiger partial charge < -0.3 is 9.84 Å². The number of aromatic nitrogens is 2. The van der Waals surface area contributed by atoms with Crippen molar-refractivity contribution in [2.24, 2.45) is 0 Å². The fourth-order valence-electron chi connectivity index (χ4n) is 1.56. The molecule has 1 aromatic heterocycles. The van der Waals surface area contributed by atoms with Crippen LogP contribution in [0.3, 0.4) is 0 Å². The average molecular weight is 231 g/mol. The Kier molecular flexibility index (Phi) is 2.33. The number of hydrogen-bond donors (Lipinski definition) is 2. The summed E-state index contributed by atoms with van der Waals surface area (Å²) >= 11 is 0. The summed E-state index contributed by atoms with van der Waals surface area (Å²) < 4.78 is 26.7. The summed E-state index contributed by atoms with van der Waals surface area (Å²) in [4.78, 5) is 24.2. The number of ether oxygens (including phenoxy) is 1. The van der Waals surface area contributed by atoms with Gasteiger partial charge >= 0.3 is 5.69 Å². The van der Waals surface area contributed by atoms with Crippen LogP contribution in [0.4, 0.5) is 4.39 Å². The fraction of sp³-hybridized carbons (Fsp3) is 0.556. The lowest BCUT2D eigenvalue weighted by Gasteiger charge is -2.14. The highest BCUT2D eigenvalue weighted by molar-refractivity contribution is 4.92. The number of aliphatic hydroxyl groups is 1. The predicted molar refractivity (Wildman–Crippen MR) is 51.8 cm³/mol. The van der Waals surface area contributed by atoms with Crippen LogP contribution in [-0.2, 0) is 4.74 Å². The Labute approximate surface area is 90.7 Å². The van der Waals surface area contributed by atoms with Crippen molar-refractivity contribution in [3.8, 4) is 0 Å². The molecule has 1 fully saturated rings. The van der Waals surface area contributed by atoms with E-state index in [-0.39, 0.29) is 6.90 Å². The maximum Gasteiger partial charge on any atom is 0.330 e. The first kappa shape index (κ1) is 9.73. The first-order chi connectivity index (χ1) is 8.04. The predicted octanol–water partition coefficient (Wildman–Crippen LogP) is -0.847. The summed E-state index contributed by atoms with van der Waals surface area (Å²) in [5, 5.41) is 9.43. The number of alkyl halides is 1. The summed E-state index contributed by atoms with van der Waals surface area (Å²) in [6.45, 7) is -0.309. The third-order valence-corrected chi connectivity index (χ3v) is 2.42. The Morgan fingerprint density at radius 3 is 3.00 bits per heavy atom. The van der Waals surface area contributed by atoms with E-state index in [0.717, 1.165) is 16.8 Å². The Morgan fingerprint density at radius 1 is 1.69 bits per heavy atom. The molecule has 2 heterocycles. The molecule has 1 aliphatic rings. The Balaban J connectivity index is 2.35. The van der Waals surface area contributed by atoms with Crippen LogP contribution in [0.5, 0.6) is 0 Å². The monoisotopic (exact) mass is 231 g/mol. The van der Waals surface area contributed by atoms with Crippen molar-refractivity contribution in [3.05, 3.63) is 33.1 Å². The second-order valence-corrected chi connectivity index (χ2v) is 3.52. The second-order valence-electron chi connectivity index (χ2n) is 3.52. The lowest BCUT2D eigenvalue weighted by Crippen LogP contribution is -2.35. The topological polar surface area (TPSA) is 84.3 Å². The number of rotatable bonds is 1. The molecule has 0 aliphatic carbocycles. The van der Waals surface area contributed by atoms with Crippen LogP contribution in [0.25, 0.3) is 0 Å². The van der Waals surface area contributed by atoms with E-state index in [1.54, 1.807) is 0 Å². The van der Waals surface area contributed by atoms with Crippen LogP contribution in [0.15, 0.2) is 21.9 Å². The molecule has 16 heavy (non-hydrogen) atoms. The Bertz CT molecular complexity index is 516. The maximum atomic E-state index is 13.7. The van der Waals surface area contributed by atoms with Crippen LogP contribution in [-0.4, -0.2) is 33.0 Å². The van der Waals surface area contributed by atoms with Crippen LogP contribution in [0, 0.1) is 0 Å². The van der Waals surface area contributed by atoms with Gasteiger partial charge in [0.2, 0.25) is 0 Å². The van der Waals surface area contributed by atoms with Crippen molar-refractivity contribution in [2.45, 2.75) is 31.5 Å². The lowest BCUT2D eigenvalue weighted by atomic mass is 10.2. The molecule has 7 heteroatoms. The van der Waals surface area contributed by atoms with Crippen LogP contribution >= 0.6 is 0 Å². The van der Waals surface area contributed by atoms with Crippen molar-refractivity contribution >= 4 is 0 Å². The van der Waals surface area contributed by atoms with Crippen LogP contribution < -0.4 is 11.2 Å². The zero-order valence-corrected chi connectivity index (χ0v) is 8.17. The van der Waals surface area contributed by atoms with Crippen molar-refractivity contribution in [1.82, 2.24) is 9.55 Å². The highest BCUT2D eigenvalue weighted by Gasteiger charge is 2.43. The molecule has 2 rings (SSSR count). The van der Waals surface area contributed by atoms with Gasteiger partial charge in [-0.3, -0.25) is 14.3 Å². The third kappa shape index (κ3) is 1.68. The molecule has 2 N–H and O–H groups in total. The molecule has 1 aromatic rings. The standard InChI is InChI=1S/C9H11FN2O4/c1-4-7(14)6(10)8(16-4)12-3-2-5(13)11-9(12)15/h2-4,6-8,14H,1H3,(H,11,13,15)/i1D. The van der Waals surface area contributed by atoms with Crippen molar-refractivity contribution < 1.29 is 15.6 Å². The van der Waals surface area contributed by atoms with E-state index in [0.29, 0.717) is 0 Å². The van der Waals surface area contributed by atoms with Gasteiger partial charge in [0.25, 0.3) is 5.56 Å². The number of nitrogens with zero attached hydrogens (tertiary/aromatic N) is 1. The minimum atomic E-state index is -1.81. The average Bonchev–Trinajstić information content (AvgIpc) is 2.57. The third-order valence-electron chi connectivity index (χ3n) is 2.42. The molecule has 0 spiro atoms. The zero-order valence-electron chi connectivity index (χ0n) is 9.17. The molecule has 0 amide bonds. The van der Waals surface area contributed by atoms with Crippen molar-refractivity contribution in [2.75, 3.05) is 0 Å². The smallest absolute Gasteiger partial charge is 0.330 e. The van der Waals surface area contributed by atoms with Crippen LogP contribution in [0.1, 0.15) is 14.5 Å². The van der Waals surface area contributed by atoms with Gasteiger partial charge in [-0.15, -0.1) is 0 Å². The van der Waals surface area contributed by atoms with Gasteiger partial charge in [-0.05, 0) is 6.90 Å². The lowest BCUT2D eigenvalue weighted by molar-refractivity contribution is -0.0185. The number of halogens is 1. The van der Waals surface area contributed by atoms with Gasteiger partial charge in [0.15, 0.2) is 12.4 Å². The summed E-state index contributed by atoms with van der Waals surface area (Å²) in [5.74, 6) is 0. The van der Waals surface area contributed by atoms with E-state index in [1.807, 2.05) is 4.98 Å². The van der Waals surface area contributed by atoms with E-state index in [4.69, 9.17) is 6.11 Å². The summed E-state index contributed by atoms with van der Waals surface area (Å²) in [6.07, 6.45) is -4.46. The van der Waals surface area contributed by atoms with E-state index >= 15 is 0 Å². The molecule has 1 saturated heterocycles. The normalized spacial score (nSPS) is 35.0. The fourth-order valence-corrected chi connectivity index (χ4v) is 1.56. The highest BCUT2D eigenvalue weighted by Crippen LogP contribution is 2.30. The second kappa shape index (κ2) is 3.84. The maximum absolute atomic E-state index is 13.7. The van der Waals surface area contributed by atoms with Gasteiger partial charge in [-0.2, -0.15) is 0 Å². The largest absolute Gasteiger partial charge is 0.387 e.